The summed E-state index contributed by atoms with van der Waals surface area (Å²) < 4.78 is 50.7. The quantitative estimate of drug-likeness (QED) is 0.602. The van der Waals surface area contributed by atoms with E-state index in [9.17, 15) is 13.2 Å². The first-order chi connectivity index (χ1) is 13.4. The van der Waals surface area contributed by atoms with Crippen LogP contribution in [0.3, 0.4) is 0 Å². The zero-order chi connectivity index (χ0) is 20.1. The Hall–Kier alpha value is -4.04. The molecule has 0 radical (unpaired) electrons. The number of pyridine rings is 1. The molecule has 3 aromatic rings. The summed E-state index contributed by atoms with van der Waals surface area (Å²) >= 11 is 0. The molecule has 138 valence electrons. The van der Waals surface area contributed by atoms with E-state index in [0.29, 0.717) is 5.56 Å². The molecule has 0 fully saturated rings. The number of halogens is 3. The minimum absolute atomic E-state index is 0.0284. The molecule has 0 aliphatic carbocycles. The molecule has 8 heteroatoms. The summed E-state index contributed by atoms with van der Waals surface area (Å²) in [5, 5.41) is 17.8. The van der Waals surface area contributed by atoms with Gasteiger partial charge < -0.3 is 9.47 Å². The third-order valence-electron chi connectivity index (χ3n) is 3.50. The van der Waals surface area contributed by atoms with E-state index in [2.05, 4.69) is 4.98 Å². The lowest BCUT2D eigenvalue weighted by Gasteiger charge is -2.14. The normalized spacial score (nSPS) is 10.6. The number of ether oxygens (including phenoxy) is 2. The van der Waals surface area contributed by atoms with Gasteiger partial charge in [0.2, 0.25) is 11.8 Å². The van der Waals surface area contributed by atoms with Crippen molar-refractivity contribution >= 4 is 0 Å². The Morgan fingerprint density at radius 1 is 0.786 bits per heavy atom. The monoisotopic (exact) mass is 381 g/mol. The Kier molecular flexibility index (Phi) is 5.14. The summed E-state index contributed by atoms with van der Waals surface area (Å²) in [5.74, 6) is -0.588. The third kappa shape index (κ3) is 4.37. The number of benzene rings is 2. The Labute approximate surface area is 157 Å². The summed E-state index contributed by atoms with van der Waals surface area (Å²) in [6.07, 6.45) is -4.70. The molecule has 0 N–H and O–H groups in total. The fourth-order valence-corrected chi connectivity index (χ4v) is 2.26. The molecule has 0 unspecified atom stereocenters. The van der Waals surface area contributed by atoms with Gasteiger partial charge in [-0.1, -0.05) is 12.1 Å². The van der Waals surface area contributed by atoms with Crippen LogP contribution in [-0.2, 0) is 6.18 Å². The number of rotatable bonds is 4. The van der Waals surface area contributed by atoms with Gasteiger partial charge in [-0.3, -0.25) is 0 Å². The summed E-state index contributed by atoms with van der Waals surface area (Å²) in [4.78, 5) is 3.81. The van der Waals surface area contributed by atoms with Crippen LogP contribution in [-0.4, -0.2) is 4.98 Å². The molecule has 28 heavy (non-hydrogen) atoms. The van der Waals surface area contributed by atoms with Gasteiger partial charge in [0.05, 0.1) is 23.3 Å². The minimum Gasteiger partial charge on any atom is -0.439 e. The number of alkyl halides is 3. The highest BCUT2D eigenvalue weighted by molar-refractivity contribution is 5.42. The van der Waals surface area contributed by atoms with Crippen molar-refractivity contribution in [3.8, 4) is 35.4 Å². The van der Waals surface area contributed by atoms with Crippen molar-refractivity contribution in [1.82, 2.24) is 4.98 Å². The van der Waals surface area contributed by atoms with Gasteiger partial charge in [0, 0.05) is 6.07 Å². The van der Waals surface area contributed by atoms with Gasteiger partial charge in [0.25, 0.3) is 0 Å². The van der Waals surface area contributed by atoms with Crippen LogP contribution in [0.25, 0.3) is 0 Å². The first kappa shape index (κ1) is 18.7. The SMILES string of the molecule is N#Cc1cccc(Oc2ccc(C(F)(F)F)c(Oc3cccc(C#N)c3)n2)c1. The molecular weight excluding hydrogens is 371 g/mol. The summed E-state index contributed by atoms with van der Waals surface area (Å²) in [5.41, 5.74) is -0.533. The highest BCUT2D eigenvalue weighted by atomic mass is 19.4. The van der Waals surface area contributed by atoms with Gasteiger partial charge in [0.1, 0.15) is 17.1 Å². The Balaban J connectivity index is 1.97. The van der Waals surface area contributed by atoms with Crippen LogP contribution in [0, 0.1) is 22.7 Å². The Morgan fingerprint density at radius 3 is 1.89 bits per heavy atom. The van der Waals surface area contributed by atoms with Crippen LogP contribution in [0.5, 0.6) is 23.3 Å². The van der Waals surface area contributed by atoms with Crippen LogP contribution >= 0.6 is 0 Å². The van der Waals surface area contributed by atoms with E-state index < -0.39 is 17.6 Å². The van der Waals surface area contributed by atoms with Crippen molar-refractivity contribution in [2.24, 2.45) is 0 Å². The first-order valence-electron chi connectivity index (χ1n) is 7.83. The zero-order valence-electron chi connectivity index (χ0n) is 14.1. The second-order valence-corrected chi connectivity index (χ2v) is 5.48. The number of nitrogens with zero attached hydrogens (tertiary/aromatic N) is 3. The van der Waals surface area contributed by atoms with E-state index in [1.54, 1.807) is 12.1 Å². The van der Waals surface area contributed by atoms with Crippen molar-refractivity contribution in [2.45, 2.75) is 6.18 Å². The standard InChI is InChI=1S/C20H10F3N3O2/c21-20(22,23)17-7-8-18(27-15-5-1-3-13(9-15)11-24)26-19(17)28-16-6-2-4-14(10-16)12-25/h1-10H. The van der Waals surface area contributed by atoms with Crippen molar-refractivity contribution in [3.05, 3.63) is 77.4 Å². The number of hydrogen-bond acceptors (Lipinski definition) is 5. The molecule has 1 heterocycles. The molecule has 5 nitrogen and oxygen atoms in total. The van der Waals surface area contributed by atoms with Crippen LogP contribution in [0.15, 0.2) is 60.7 Å². The fraction of sp³-hybridized carbons (Fsp3) is 0.0500. The van der Waals surface area contributed by atoms with Gasteiger partial charge in [-0.2, -0.15) is 28.7 Å². The molecular formula is C20H10F3N3O2. The van der Waals surface area contributed by atoms with Crippen LogP contribution < -0.4 is 9.47 Å². The van der Waals surface area contributed by atoms with Gasteiger partial charge in [-0.15, -0.1) is 0 Å². The van der Waals surface area contributed by atoms with E-state index in [4.69, 9.17) is 20.0 Å². The van der Waals surface area contributed by atoms with Gasteiger partial charge in [0.15, 0.2) is 0 Å². The van der Waals surface area contributed by atoms with E-state index in [1.165, 1.54) is 36.4 Å². The number of hydrogen-bond donors (Lipinski definition) is 0. The largest absolute Gasteiger partial charge is 0.439 e. The Bertz CT molecular complexity index is 1100. The Morgan fingerprint density at radius 2 is 1.36 bits per heavy atom. The maximum Gasteiger partial charge on any atom is 0.421 e. The lowest BCUT2D eigenvalue weighted by Crippen LogP contribution is -2.09. The molecule has 0 aliphatic rings. The van der Waals surface area contributed by atoms with Crippen molar-refractivity contribution in [1.29, 1.82) is 10.5 Å². The van der Waals surface area contributed by atoms with E-state index in [1.807, 2.05) is 12.1 Å². The van der Waals surface area contributed by atoms with Gasteiger partial charge in [-0.05, 0) is 42.5 Å². The fourth-order valence-electron chi connectivity index (χ4n) is 2.26. The summed E-state index contributed by atoms with van der Waals surface area (Å²) in [6, 6.07) is 17.4. The maximum absolute atomic E-state index is 13.3. The molecule has 3 rings (SSSR count). The molecule has 0 aliphatic heterocycles. The highest BCUT2D eigenvalue weighted by Crippen LogP contribution is 2.38. The molecule has 0 spiro atoms. The lowest BCUT2D eigenvalue weighted by molar-refractivity contribution is -0.138. The molecule has 0 saturated carbocycles. The second-order valence-electron chi connectivity index (χ2n) is 5.48. The summed E-state index contributed by atoms with van der Waals surface area (Å²) in [6.45, 7) is 0. The lowest BCUT2D eigenvalue weighted by atomic mass is 10.2. The molecule has 2 aromatic carbocycles. The number of nitriles is 2. The molecule has 0 atom stereocenters. The average molecular weight is 381 g/mol. The van der Waals surface area contributed by atoms with Crippen LogP contribution in [0.2, 0.25) is 0 Å². The molecule has 0 amide bonds. The molecule has 0 saturated heterocycles. The van der Waals surface area contributed by atoms with E-state index in [0.717, 1.165) is 12.1 Å². The van der Waals surface area contributed by atoms with Crippen molar-refractivity contribution < 1.29 is 22.6 Å². The van der Waals surface area contributed by atoms with E-state index >= 15 is 0 Å². The average Bonchev–Trinajstić information content (AvgIpc) is 2.67. The van der Waals surface area contributed by atoms with Gasteiger partial charge in [-0.25, -0.2) is 0 Å². The van der Waals surface area contributed by atoms with Crippen LogP contribution in [0.1, 0.15) is 16.7 Å². The zero-order valence-corrected chi connectivity index (χ0v) is 14.1. The predicted octanol–water partition coefficient (Wildman–Crippen LogP) is 5.43. The van der Waals surface area contributed by atoms with E-state index in [-0.39, 0.29) is 22.9 Å². The molecule has 0 bridgehead atoms. The summed E-state index contributed by atoms with van der Waals surface area (Å²) in [7, 11) is 0. The highest BCUT2D eigenvalue weighted by Gasteiger charge is 2.36. The number of aromatic nitrogens is 1. The maximum atomic E-state index is 13.3. The third-order valence-corrected chi connectivity index (χ3v) is 3.50. The van der Waals surface area contributed by atoms with Gasteiger partial charge >= 0.3 is 6.18 Å². The second kappa shape index (κ2) is 7.68. The van der Waals surface area contributed by atoms with Crippen molar-refractivity contribution in [3.63, 3.8) is 0 Å². The minimum atomic E-state index is -4.70. The topological polar surface area (TPSA) is 78.9 Å². The predicted molar refractivity (Wildman–Crippen MR) is 91.7 cm³/mol. The van der Waals surface area contributed by atoms with Crippen LogP contribution in [0.4, 0.5) is 13.2 Å². The smallest absolute Gasteiger partial charge is 0.421 e. The molecule has 1 aromatic heterocycles. The van der Waals surface area contributed by atoms with Crippen molar-refractivity contribution in [2.75, 3.05) is 0 Å². The first-order valence-corrected chi connectivity index (χ1v) is 7.83.